The Kier molecular flexibility index (Phi) is 7.14. The molecule has 2 heterocycles. The first-order chi connectivity index (χ1) is 13.5. The molecule has 0 bridgehead atoms. The topological polar surface area (TPSA) is 91.0 Å². The maximum Gasteiger partial charge on any atom is 0.319 e. The minimum atomic E-state index is -3.62. The van der Waals surface area contributed by atoms with Crippen LogP contribution in [-0.4, -0.2) is 64.7 Å². The van der Waals surface area contributed by atoms with Gasteiger partial charge in [-0.3, -0.25) is 0 Å². The summed E-state index contributed by atoms with van der Waals surface area (Å²) in [5, 5.41) is 5.65. The number of carbonyl (C=O) groups excluding carboxylic acids is 1. The lowest BCUT2D eigenvalue weighted by atomic mass is 10.1. The molecule has 0 spiro atoms. The number of benzene rings is 1. The molecule has 2 N–H and O–H groups in total. The molecule has 156 valence electrons. The van der Waals surface area contributed by atoms with Crippen LogP contribution in [0.5, 0.6) is 0 Å². The summed E-state index contributed by atoms with van der Waals surface area (Å²) < 4.78 is 32.7. The molecular formula is C19H30N4O4S. The van der Waals surface area contributed by atoms with Crippen LogP contribution < -0.4 is 15.5 Å². The lowest BCUT2D eigenvalue weighted by Crippen LogP contribution is -2.40. The Bertz CT molecular complexity index is 772. The van der Waals surface area contributed by atoms with E-state index in [2.05, 4.69) is 15.5 Å². The normalized spacial score (nSPS) is 18.7. The second-order valence-corrected chi connectivity index (χ2v) is 9.06. The molecule has 8 nitrogen and oxygen atoms in total. The molecule has 0 saturated carbocycles. The third kappa shape index (κ3) is 4.95. The molecule has 1 aromatic carbocycles. The molecule has 0 atom stereocenters. The Morgan fingerprint density at radius 2 is 1.82 bits per heavy atom. The van der Waals surface area contributed by atoms with Crippen LogP contribution in [0.3, 0.4) is 0 Å². The predicted molar refractivity (Wildman–Crippen MR) is 109 cm³/mol. The van der Waals surface area contributed by atoms with E-state index in [0.717, 1.165) is 38.0 Å². The standard InChI is InChI=1S/C19H30N4O4S/c1-2-8-20-19(24)21-17-15-16(28(25,26)23-11-13-27-14-12-23)6-7-18(17)22-9-4-3-5-10-22/h6-7,15H,2-5,8-14H2,1H3,(H2,20,21,24). The number of anilines is 2. The molecule has 9 heteroatoms. The summed E-state index contributed by atoms with van der Waals surface area (Å²) in [5.74, 6) is 0. The fraction of sp³-hybridized carbons (Fsp3) is 0.632. The van der Waals surface area contributed by atoms with Crippen LogP contribution in [0.2, 0.25) is 0 Å². The Morgan fingerprint density at radius 1 is 1.11 bits per heavy atom. The van der Waals surface area contributed by atoms with E-state index in [1.807, 2.05) is 13.0 Å². The third-order valence-electron chi connectivity index (χ3n) is 5.06. The monoisotopic (exact) mass is 410 g/mol. The summed E-state index contributed by atoms with van der Waals surface area (Å²) in [6.07, 6.45) is 4.21. The Morgan fingerprint density at radius 3 is 2.50 bits per heavy atom. The summed E-state index contributed by atoms with van der Waals surface area (Å²) in [7, 11) is -3.62. The quantitative estimate of drug-likeness (QED) is 0.750. The van der Waals surface area contributed by atoms with Crippen molar-refractivity contribution in [3.8, 4) is 0 Å². The first-order valence-electron chi connectivity index (χ1n) is 10.0. The molecule has 2 amide bonds. The number of morpholine rings is 1. The van der Waals surface area contributed by atoms with Crippen LogP contribution in [0, 0.1) is 0 Å². The van der Waals surface area contributed by atoms with Crippen LogP contribution >= 0.6 is 0 Å². The molecule has 0 unspecified atom stereocenters. The van der Waals surface area contributed by atoms with Gasteiger partial charge in [0.15, 0.2) is 0 Å². The van der Waals surface area contributed by atoms with Crippen molar-refractivity contribution in [2.24, 2.45) is 0 Å². The van der Waals surface area contributed by atoms with Crippen LogP contribution in [0.4, 0.5) is 16.2 Å². The third-order valence-corrected chi connectivity index (χ3v) is 6.95. The van der Waals surface area contributed by atoms with Gasteiger partial charge in [-0.25, -0.2) is 13.2 Å². The van der Waals surface area contributed by atoms with Gasteiger partial charge in [-0.2, -0.15) is 4.31 Å². The number of ether oxygens (including phenoxy) is 1. The van der Waals surface area contributed by atoms with E-state index in [-0.39, 0.29) is 10.9 Å². The van der Waals surface area contributed by atoms with Crippen LogP contribution in [0.15, 0.2) is 23.1 Å². The van der Waals surface area contributed by atoms with Crippen molar-refractivity contribution in [1.29, 1.82) is 0 Å². The Labute approximate surface area is 167 Å². The van der Waals surface area contributed by atoms with Gasteiger partial charge < -0.3 is 20.3 Å². The van der Waals surface area contributed by atoms with Crippen molar-refractivity contribution >= 4 is 27.4 Å². The lowest BCUT2D eigenvalue weighted by Gasteiger charge is -2.31. The number of piperidine rings is 1. The average molecular weight is 411 g/mol. The first-order valence-corrected chi connectivity index (χ1v) is 11.5. The summed E-state index contributed by atoms with van der Waals surface area (Å²) in [6, 6.07) is 4.72. The highest BCUT2D eigenvalue weighted by Crippen LogP contribution is 2.32. The van der Waals surface area contributed by atoms with Crippen molar-refractivity contribution < 1.29 is 17.9 Å². The molecule has 2 saturated heterocycles. The highest BCUT2D eigenvalue weighted by Gasteiger charge is 2.28. The second-order valence-electron chi connectivity index (χ2n) is 7.12. The van der Waals surface area contributed by atoms with Gasteiger partial charge in [-0.15, -0.1) is 0 Å². The molecule has 28 heavy (non-hydrogen) atoms. The molecule has 2 aliphatic heterocycles. The lowest BCUT2D eigenvalue weighted by molar-refractivity contribution is 0.0730. The van der Waals surface area contributed by atoms with Gasteiger partial charge in [0.1, 0.15) is 0 Å². The zero-order valence-corrected chi connectivity index (χ0v) is 17.3. The zero-order valence-electron chi connectivity index (χ0n) is 16.4. The molecule has 2 aliphatic rings. The average Bonchev–Trinajstić information content (AvgIpc) is 2.73. The van der Waals surface area contributed by atoms with E-state index in [4.69, 9.17) is 4.74 Å². The van der Waals surface area contributed by atoms with Gasteiger partial charge in [0.2, 0.25) is 10.0 Å². The van der Waals surface area contributed by atoms with Crippen molar-refractivity contribution in [2.45, 2.75) is 37.5 Å². The number of carbonyl (C=O) groups is 1. The molecule has 3 rings (SSSR count). The number of nitrogens with zero attached hydrogens (tertiary/aromatic N) is 2. The van der Waals surface area contributed by atoms with E-state index in [1.165, 1.54) is 10.7 Å². The smallest absolute Gasteiger partial charge is 0.319 e. The summed E-state index contributed by atoms with van der Waals surface area (Å²) >= 11 is 0. The fourth-order valence-electron chi connectivity index (χ4n) is 3.53. The molecule has 0 aliphatic carbocycles. The Hall–Kier alpha value is -1.84. The first kappa shape index (κ1) is 20.9. The van der Waals surface area contributed by atoms with Gasteiger partial charge in [-0.1, -0.05) is 6.92 Å². The van der Waals surface area contributed by atoms with Gasteiger partial charge in [0, 0.05) is 32.7 Å². The van der Waals surface area contributed by atoms with Gasteiger partial charge in [0.05, 0.1) is 29.5 Å². The summed E-state index contributed by atoms with van der Waals surface area (Å²) in [6.45, 7) is 5.84. The number of hydrogen-bond donors (Lipinski definition) is 2. The summed E-state index contributed by atoms with van der Waals surface area (Å²) in [5.41, 5.74) is 1.40. The minimum Gasteiger partial charge on any atom is -0.379 e. The van der Waals surface area contributed by atoms with Crippen molar-refractivity contribution in [2.75, 3.05) is 56.2 Å². The van der Waals surface area contributed by atoms with E-state index in [0.29, 0.717) is 38.5 Å². The molecule has 2 fully saturated rings. The maximum atomic E-state index is 13.0. The molecule has 1 aromatic rings. The fourth-order valence-corrected chi connectivity index (χ4v) is 4.96. The minimum absolute atomic E-state index is 0.195. The van der Waals surface area contributed by atoms with E-state index in [9.17, 15) is 13.2 Å². The number of nitrogens with one attached hydrogen (secondary N) is 2. The van der Waals surface area contributed by atoms with Crippen molar-refractivity contribution in [3.63, 3.8) is 0 Å². The SMILES string of the molecule is CCCNC(=O)Nc1cc(S(=O)(=O)N2CCOCC2)ccc1N1CCCCC1. The largest absolute Gasteiger partial charge is 0.379 e. The zero-order chi connectivity index (χ0) is 20.0. The number of amides is 2. The number of hydrogen-bond acceptors (Lipinski definition) is 5. The van der Waals surface area contributed by atoms with Crippen LogP contribution in [0.25, 0.3) is 0 Å². The number of urea groups is 1. The van der Waals surface area contributed by atoms with Crippen LogP contribution in [0.1, 0.15) is 32.6 Å². The van der Waals surface area contributed by atoms with E-state index >= 15 is 0 Å². The summed E-state index contributed by atoms with van der Waals surface area (Å²) in [4.78, 5) is 14.7. The molecular weight excluding hydrogens is 380 g/mol. The highest BCUT2D eigenvalue weighted by atomic mass is 32.2. The van der Waals surface area contributed by atoms with E-state index < -0.39 is 10.0 Å². The van der Waals surface area contributed by atoms with Gasteiger partial charge in [0.25, 0.3) is 0 Å². The number of rotatable bonds is 6. The Balaban J connectivity index is 1.89. The second kappa shape index (κ2) is 9.58. The molecule has 0 radical (unpaired) electrons. The number of sulfonamides is 1. The van der Waals surface area contributed by atoms with E-state index in [1.54, 1.807) is 12.1 Å². The van der Waals surface area contributed by atoms with Crippen LogP contribution in [-0.2, 0) is 14.8 Å². The molecule has 0 aromatic heterocycles. The van der Waals surface area contributed by atoms with Crippen molar-refractivity contribution in [1.82, 2.24) is 9.62 Å². The van der Waals surface area contributed by atoms with Gasteiger partial charge in [-0.05, 0) is 43.9 Å². The highest BCUT2D eigenvalue weighted by molar-refractivity contribution is 7.89. The van der Waals surface area contributed by atoms with Crippen molar-refractivity contribution in [3.05, 3.63) is 18.2 Å². The van der Waals surface area contributed by atoms with Gasteiger partial charge >= 0.3 is 6.03 Å². The predicted octanol–water partition coefficient (Wildman–Crippen LogP) is 2.23. The maximum absolute atomic E-state index is 13.0.